The van der Waals surface area contributed by atoms with Gasteiger partial charge in [0.15, 0.2) is 0 Å². The Morgan fingerprint density at radius 2 is 2.00 bits per heavy atom. The van der Waals surface area contributed by atoms with Crippen LogP contribution < -0.4 is 10.2 Å². The van der Waals surface area contributed by atoms with E-state index in [4.69, 9.17) is 4.74 Å². The molecule has 0 aliphatic heterocycles. The molecule has 1 aromatic carbocycles. The largest absolute Gasteiger partial charge is 0.385 e. The van der Waals surface area contributed by atoms with Gasteiger partial charge in [0.25, 0.3) is 0 Å². The molecule has 1 heterocycles. The first-order chi connectivity index (χ1) is 9.81. The molecule has 1 aromatic heterocycles. The number of para-hydroxylation sites is 1. The maximum absolute atomic E-state index is 5.01. The van der Waals surface area contributed by atoms with E-state index in [1.165, 1.54) is 0 Å². The van der Waals surface area contributed by atoms with Crippen molar-refractivity contribution in [1.82, 2.24) is 9.97 Å². The smallest absolute Gasteiger partial charge is 0.224 e. The van der Waals surface area contributed by atoms with Crippen molar-refractivity contribution in [3.05, 3.63) is 42.6 Å². The van der Waals surface area contributed by atoms with Gasteiger partial charge in [0.2, 0.25) is 5.95 Å². The second-order valence-corrected chi connectivity index (χ2v) is 4.41. The second-order valence-electron chi connectivity index (χ2n) is 4.41. The van der Waals surface area contributed by atoms with Crippen molar-refractivity contribution < 1.29 is 4.74 Å². The normalized spacial score (nSPS) is 10.3. The Morgan fingerprint density at radius 1 is 1.20 bits per heavy atom. The van der Waals surface area contributed by atoms with Crippen LogP contribution in [0.4, 0.5) is 17.5 Å². The molecule has 0 atom stereocenters. The van der Waals surface area contributed by atoms with E-state index in [1.54, 1.807) is 13.3 Å². The number of ether oxygens (including phenoxy) is 1. The molecule has 106 valence electrons. The zero-order chi connectivity index (χ0) is 14.2. The third-order valence-electron chi connectivity index (χ3n) is 2.94. The van der Waals surface area contributed by atoms with E-state index in [-0.39, 0.29) is 0 Å². The van der Waals surface area contributed by atoms with Gasteiger partial charge in [-0.2, -0.15) is 4.98 Å². The molecule has 0 bridgehead atoms. The van der Waals surface area contributed by atoms with Gasteiger partial charge >= 0.3 is 0 Å². The molecule has 0 aliphatic carbocycles. The first kappa shape index (κ1) is 14.3. The summed E-state index contributed by atoms with van der Waals surface area (Å²) in [6, 6.07) is 12.0. The molecule has 1 N–H and O–H groups in total. The summed E-state index contributed by atoms with van der Waals surface area (Å²) < 4.78 is 5.01. The summed E-state index contributed by atoms with van der Waals surface area (Å²) in [5, 5.41) is 3.20. The number of aromatic nitrogens is 2. The minimum absolute atomic E-state index is 0.640. The number of rotatable bonds is 7. The summed E-state index contributed by atoms with van der Waals surface area (Å²) in [5.41, 5.74) is 1.09. The highest BCUT2D eigenvalue weighted by Gasteiger charge is 2.06. The third-order valence-corrected chi connectivity index (χ3v) is 2.94. The lowest BCUT2D eigenvalue weighted by molar-refractivity contribution is 0.197. The van der Waals surface area contributed by atoms with E-state index in [0.29, 0.717) is 5.95 Å². The Kier molecular flexibility index (Phi) is 5.32. The van der Waals surface area contributed by atoms with Gasteiger partial charge < -0.3 is 15.0 Å². The lowest BCUT2D eigenvalue weighted by Crippen LogP contribution is -2.13. The highest BCUT2D eigenvalue weighted by molar-refractivity contribution is 5.59. The van der Waals surface area contributed by atoms with Crippen LogP contribution in [0.25, 0.3) is 0 Å². The Labute approximate surface area is 119 Å². The molecule has 0 spiro atoms. The molecule has 0 unspecified atom stereocenters. The molecule has 0 saturated carbocycles. The predicted molar refractivity (Wildman–Crippen MR) is 81.5 cm³/mol. The van der Waals surface area contributed by atoms with Gasteiger partial charge in [-0.15, -0.1) is 0 Å². The molecule has 0 saturated heterocycles. The topological polar surface area (TPSA) is 50.3 Å². The fraction of sp³-hybridized carbons (Fsp3) is 0.333. The highest BCUT2D eigenvalue weighted by atomic mass is 16.5. The van der Waals surface area contributed by atoms with Crippen molar-refractivity contribution in [1.29, 1.82) is 0 Å². The predicted octanol–water partition coefficient (Wildman–Crippen LogP) is 2.69. The Bertz CT molecular complexity index is 518. The lowest BCUT2D eigenvalue weighted by Gasteiger charge is -2.18. The summed E-state index contributed by atoms with van der Waals surface area (Å²) in [6.07, 6.45) is 2.69. The van der Waals surface area contributed by atoms with Crippen LogP contribution in [0.15, 0.2) is 42.6 Å². The Hall–Kier alpha value is -2.14. The standard InChI is InChI=1S/C15H20N4O/c1-19(13-7-4-3-5-8-13)14-9-11-17-15(18-14)16-10-6-12-20-2/h3-5,7-9,11H,6,10,12H2,1-2H3,(H,16,17,18). The van der Waals surface area contributed by atoms with Crippen LogP contribution in [0.5, 0.6) is 0 Å². The number of nitrogens with zero attached hydrogens (tertiary/aromatic N) is 3. The molecular weight excluding hydrogens is 252 g/mol. The van der Waals surface area contributed by atoms with E-state index >= 15 is 0 Å². The van der Waals surface area contributed by atoms with Gasteiger partial charge in [-0.3, -0.25) is 0 Å². The van der Waals surface area contributed by atoms with Crippen LogP contribution >= 0.6 is 0 Å². The van der Waals surface area contributed by atoms with Crippen LogP contribution in [0.1, 0.15) is 6.42 Å². The van der Waals surface area contributed by atoms with E-state index in [9.17, 15) is 0 Å². The molecule has 2 rings (SSSR count). The van der Waals surface area contributed by atoms with Crippen LogP contribution in [-0.2, 0) is 4.74 Å². The Morgan fingerprint density at radius 3 is 2.75 bits per heavy atom. The first-order valence-corrected chi connectivity index (χ1v) is 6.66. The van der Waals surface area contributed by atoms with Crippen molar-refractivity contribution in [2.45, 2.75) is 6.42 Å². The van der Waals surface area contributed by atoms with E-state index in [1.807, 2.05) is 48.3 Å². The minimum Gasteiger partial charge on any atom is -0.385 e. The molecular formula is C15H20N4O. The van der Waals surface area contributed by atoms with Gasteiger partial charge in [0, 0.05) is 39.2 Å². The second kappa shape index (κ2) is 7.45. The van der Waals surface area contributed by atoms with Crippen LogP contribution in [0, 0.1) is 0 Å². The number of anilines is 3. The summed E-state index contributed by atoms with van der Waals surface area (Å²) >= 11 is 0. The molecule has 0 aliphatic rings. The zero-order valence-electron chi connectivity index (χ0n) is 11.9. The van der Waals surface area contributed by atoms with Gasteiger partial charge in [0.1, 0.15) is 5.82 Å². The molecule has 5 heteroatoms. The van der Waals surface area contributed by atoms with E-state index in [0.717, 1.165) is 31.1 Å². The van der Waals surface area contributed by atoms with Crippen molar-refractivity contribution in [2.75, 3.05) is 37.5 Å². The number of benzene rings is 1. The van der Waals surface area contributed by atoms with Crippen molar-refractivity contribution in [2.24, 2.45) is 0 Å². The van der Waals surface area contributed by atoms with Gasteiger partial charge in [-0.1, -0.05) is 18.2 Å². The monoisotopic (exact) mass is 272 g/mol. The molecule has 0 fully saturated rings. The zero-order valence-corrected chi connectivity index (χ0v) is 11.9. The molecule has 0 amide bonds. The summed E-state index contributed by atoms with van der Waals surface area (Å²) in [7, 11) is 3.69. The molecule has 2 aromatic rings. The Balaban J connectivity index is 2.02. The number of hydrogen-bond acceptors (Lipinski definition) is 5. The summed E-state index contributed by atoms with van der Waals surface area (Å²) in [6.45, 7) is 1.53. The number of nitrogens with one attached hydrogen (secondary N) is 1. The average molecular weight is 272 g/mol. The van der Waals surface area contributed by atoms with Crippen molar-refractivity contribution in [3.63, 3.8) is 0 Å². The van der Waals surface area contributed by atoms with E-state index < -0.39 is 0 Å². The summed E-state index contributed by atoms with van der Waals surface area (Å²) in [4.78, 5) is 10.8. The summed E-state index contributed by atoms with van der Waals surface area (Å²) in [5.74, 6) is 1.50. The van der Waals surface area contributed by atoms with Crippen LogP contribution in [0.2, 0.25) is 0 Å². The highest BCUT2D eigenvalue weighted by Crippen LogP contribution is 2.21. The molecule has 0 radical (unpaired) electrons. The minimum atomic E-state index is 0.640. The van der Waals surface area contributed by atoms with Crippen LogP contribution in [0.3, 0.4) is 0 Å². The van der Waals surface area contributed by atoms with Crippen molar-refractivity contribution in [3.8, 4) is 0 Å². The SMILES string of the molecule is COCCCNc1nccc(N(C)c2ccccc2)n1. The van der Waals surface area contributed by atoms with Gasteiger partial charge in [-0.05, 0) is 24.6 Å². The quantitative estimate of drug-likeness (QED) is 0.785. The maximum Gasteiger partial charge on any atom is 0.224 e. The van der Waals surface area contributed by atoms with Crippen LogP contribution in [-0.4, -0.2) is 37.3 Å². The van der Waals surface area contributed by atoms with Gasteiger partial charge in [0.05, 0.1) is 0 Å². The first-order valence-electron chi connectivity index (χ1n) is 6.66. The third kappa shape index (κ3) is 3.93. The fourth-order valence-corrected chi connectivity index (χ4v) is 1.82. The van der Waals surface area contributed by atoms with Crippen molar-refractivity contribution >= 4 is 17.5 Å². The molecule has 20 heavy (non-hydrogen) atoms. The number of methoxy groups -OCH3 is 1. The lowest BCUT2D eigenvalue weighted by atomic mass is 10.3. The van der Waals surface area contributed by atoms with E-state index in [2.05, 4.69) is 15.3 Å². The average Bonchev–Trinajstić information content (AvgIpc) is 2.52. The molecule has 5 nitrogen and oxygen atoms in total. The number of hydrogen-bond donors (Lipinski definition) is 1. The maximum atomic E-state index is 5.01. The van der Waals surface area contributed by atoms with Gasteiger partial charge in [-0.25, -0.2) is 4.98 Å². The fourth-order valence-electron chi connectivity index (χ4n) is 1.82.